The van der Waals surface area contributed by atoms with Crippen LogP contribution in [-0.4, -0.2) is 111 Å². The highest BCUT2D eigenvalue weighted by Crippen LogP contribution is 2.40. The highest BCUT2D eigenvalue weighted by atomic mass is 35.5. The molecule has 0 bridgehead atoms. The molecule has 1 aliphatic heterocycles. The number of pyridine rings is 1. The normalized spacial score (nSPS) is 16.7. The van der Waals surface area contributed by atoms with Gasteiger partial charge in [-0.15, -0.1) is 0 Å². The Morgan fingerprint density at radius 1 is 0.966 bits per heavy atom. The number of ether oxygens (including phenoxy) is 3. The van der Waals surface area contributed by atoms with Crippen molar-refractivity contribution in [3.63, 3.8) is 0 Å². The molecule has 4 amide bonds. The molecule has 3 aromatic rings. The van der Waals surface area contributed by atoms with Crippen LogP contribution < -0.4 is 36.6 Å². The Hall–Kier alpha value is -4.15. The summed E-state index contributed by atoms with van der Waals surface area (Å²) in [4.78, 5) is 55.7. The Morgan fingerprint density at radius 3 is 2.34 bits per heavy atom. The van der Waals surface area contributed by atoms with Crippen molar-refractivity contribution in [1.29, 1.82) is 0 Å². The Balaban J connectivity index is 1.19. The van der Waals surface area contributed by atoms with Gasteiger partial charge in [-0.25, -0.2) is 0 Å². The molecule has 1 aliphatic rings. The molecule has 2 aromatic carbocycles. The number of benzene rings is 2. The van der Waals surface area contributed by atoms with Crippen LogP contribution in [0.4, 0.5) is 5.69 Å². The van der Waals surface area contributed by atoms with Crippen LogP contribution in [0, 0.1) is 0 Å². The van der Waals surface area contributed by atoms with Gasteiger partial charge in [0.2, 0.25) is 18.2 Å². The minimum absolute atomic E-state index is 0.0144. The fourth-order valence-corrected chi connectivity index (χ4v) is 8.60. The number of nitrogens with one attached hydrogen (secondary N) is 4. The number of hydrogen-bond acceptors (Lipinski definition) is 11. The zero-order chi connectivity index (χ0) is 41.7. The number of carbonyl (C=O) groups excluding carboxylic acids is 4. The minimum atomic E-state index is -0.613. The molecule has 1 aromatic heterocycles. The van der Waals surface area contributed by atoms with Gasteiger partial charge in [0, 0.05) is 78.9 Å². The van der Waals surface area contributed by atoms with Gasteiger partial charge >= 0.3 is 0 Å². The SMILES string of the molecule is CCCC(=O)NC(c1ccc(N(CC)CC)cc1)c1cc(Cl)c2cccnc2c1OCC(=O)NCCOCCOCCNC(=O)CCCCC1SCC(NC=O)C1N. The second-order valence-electron chi connectivity index (χ2n) is 14.0. The fourth-order valence-electron chi connectivity index (χ4n) is 6.82. The summed E-state index contributed by atoms with van der Waals surface area (Å²) in [6.07, 6.45) is 6.42. The van der Waals surface area contributed by atoms with Crippen molar-refractivity contribution < 1.29 is 33.4 Å². The lowest BCUT2D eigenvalue weighted by molar-refractivity contribution is -0.123. The number of nitrogens with zero attached hydrogens (tertiary/aromatic N) is 2. The number of amides is 4. The molecular weight excluding hydrogens is 782 g/mol. The van der Waals surface area contributed by atoms with E-state index in [4.69, 9.17) is 31.5 Å². The van der Waals surface area contributed by atoms with Crippen molar-refractivity contribution in [2.75, 3.05) is 69.9 Å². The molecule has 0 spiro atoms. The van der Waals surface area contributed by atoms with E-state index in [0.717, 1.165) is 49.4 Å². The number of carbonyl (C=O) groups is 4. The summed E-state index contributed by atoms with van der Waals surface area (Å²) in [5.74, 6) is 0.703. The molecule has 1 fully saturated rings. The number of nitrogens with two attached hydrogens (primary N) is 1. The summed E-state index contributed by atoms with van der Waals surface area (Å²) in [5.41, 5.74) is 9.22. The third-order valence-corrected chi connectivity index (χ3v) is 11.8. The summed E-state index contributed by atoms with van der Waals surface area (Å²) in [6, 6.07) is 12.8. The summed E-state index contributed by atoms with van der Waals surface area (Å²) in [6.45, 7) is 9.60. The molecule has 6 N–H and O–H groups in total. The Labute approximate surface area is 351 Å². The van der Waals surface area contributed by atoms with Gasteiger partial charge < -0.3 is 46.1 Å². The number of rotatable bonds is 27. The highest BCUT2D eigenvalue weighted by molar-refractivity contribution is 8.00. The maximum atomic E-state index is 13.1. The highest BCUT2D eigenvalue weighted by Gasteiger charge is 2.33. The van der Waals surface area contributed by atoms with Gasteiger partial charge in [0.05, 0.1) is 43.5 Å². The van der Waals surface area contributed by atoms with Crippen molar-refractivity contribution in [1.82, 2.24) is 26.3 Å². The van der Waals surface area contributed by atoms with E-state index >= 15 is 0 Å². The molecule has 16 heteroatoms. The third kappa shape index (κ3) is 14.3. The lowest BCUT2D eigenvalue weighted by atomic mass is 9.95. The zero-order valence-corrected chi connectivity index (χ0v) is 35.5. The average Bonchev–Trinajstić information content (AvgIpc) is 3.57. The van der Waals surface area contributed by atoms with Gasteiger partial charge in [-0.3, -0.25) is 24.2 Å². The largest absolute Gasteiger partial charge is 0.481 e. The van der Waals surface area contributed by atoms with Crippen LogP contribution in [0.1, 0.15) is 76.5 Å². The van der Waals surface area contributed by atoms with Crippen molar-refractivity contribution in [3.05, 3.63) is 64.8 Å². The van der Waals surface area contributed by atoms with Gasteiger partial charge in [0.25, 0.3) is 5.91 Å². The van der Waals surface area contributed by atoms with E-state index in [1.165, 1.54) is 0 Å². The standard InChI is InChI=1S/C42H60ClN7O7S/c1-4-10-37(53)49-40(29-14-16-30(17-15-29)50(5-2)6-3)32-25-33(43)31-11-9-18-47-41(31)42(32)57-26-38(54)46-20-22-56-24-23-55-21-19-45-36(52)13-8-7-12-35-39(44)34(27-58-35)48-28-51/h9,11,14-18,25,28,34-35,39-40H,4-8,10,12-13,19-24,26-27,44H2,1-3H3,(H,45,52)(H,46,54)(H,48,51)(H,49,53). The van der Waals surface area contributed by atoms with Gasteiger partial charge in [-0.2, -0.15) is 11.8 Å². The number of thioether (sulfide) groups is 1. The molecule has 0 saturated carbocycles. The summed E-state index contributed by atoms with van der Waals surface area (Å²) in [7, 11) is 0. The molecule has 0 radical (unpaired) electrons. The molecule has 4 unspecified atom stereocenters. The van der Waals surface area contributed by atoms with Crippen LogP contribution in [0.25, 0.3) is 10.9 Å². The van der Waals surface area contributed by atoms with Crippen LogP contribution in [-0.2, 0) is 28.7 Å². The molecule has 2 heterocycles. The predicted molar refractivity (Wildman–Crippen MR) is 230 cm³/mol. The fraction of sp³-hybridized carbons (Fsp3) is 0.548. The number of hydrogen-bond donors (Lipinski definition) is 5. The van der Waals surface area contributed by atoms with Gasteiger partial charge in [-0.1, -0.05) is 37.1 Å². The van der Waals surface area contributed by atoms with E-state index in [0.29, 0.717) is 84.5 Å². The molecular formula is C42H60ClN7O7S. The Bertz CT molecular complexity index is 1750. The molecule has 58 heavy (non-hydrogen) atoms. The average molecular weight is 843 g/mol. The molecule has 4 rings (SSSR count). The molecule has 318 valence electrons. The van der Waals surface area contributed by atoms with E-state index in [2.05, 4.69) is 45.0 Å². The first kappa shape index (κ1) is 46.5. The zero-order valence-electron chi connectivity index (χ0n) is 33.9. The van der Waals surface area contributed by atoms with Gasteiger partial charge in [-0.05, 0) is 69.0 Å². The topological polar surface area (TPSA) is 186 Å². The van der Waals surface area contributed by atoms with E-state index in [9.17, 15) is 19.2 Å². The number of aromatic nitrogens is 1. The van der Waals surface area contributed by atoms with Crippen LogP contribution in [0.5, 0.6) is 5.75 Å². The van der Waals surface area contributed by atoms with Gasteiger partial charge in [0.15, 0.2) is 12.4 Å². The number of anilines is 1. The van der Waals surface area contributed by atoms with Crippen molar-refractivity contribution in [2.45, 2.75) is 82.7 Å². The summed E-state index contributed by atoms with van der Waals surface area (Å²) >= 11 is 8.57. The number of halogens is 1. The van der Waals surface area contributed by atoms with E-state index in [1.807, 2.05) is 37.3 Å². The smallest absolute Gasteiger partial charge is 0.258 e. The molecule has 14 nitrogen and oxygen atoms in total. The van der Waals surface area contributed by atoms with E-state index < -0.39 is 6.04 Å². The maximum Gasteiger partial charge on any atom is 0.258 e. The summed E-state index contributed by atoms with van der Waals surface area (Å²) < 4.78 is 17.4. The summed E-state index contributed by atoms with van der Waals surface area (Å²) in [5, 5.41) is 13.0. The van der Waals surface area contributed by atoms with Crippen molar-refractivity contribution in [3.8, 4) is 5.75 Å². The second kappa shape index (κ2) is 25.4. The predicted octanol–water partition coefficient (Wildman–Crippen LogP) is 4.50. The first-order chi connectivity index (χ1) is 28.2. The van der Waals surface area contributed by atoms with Gasteiger partial charge in [0.1, 0.15) is 5.52 Å². The molecule has 4 atom stereocenters. The number of fused-ring (bicyclic) bond motifs is 1. The monoisotopic (exact) mass is 841 g/mol. The van der Waals surface area contributed by atoms with Crippen LogP contribution in [0.3, 0.4) is 0 Å². The Morgan fingerprint density at radius 2 is 1.67 bits per heavy atom. The van der Waals surface area contributed by atoms with Crippen molar-refractivity contribution >= 4 is 64.1 Å². The first-order valence-corrected chi connectivity index (χ1v) is 21.7. The second-order valence-corrected chi connectivity index (χ2v) is 15.7. The van der Waals surface area contributed by atoms with Crippen LogP contribution in [0.15, 0.2) is 48.7 Å². The lowest BCUT2D eigenvalue weighted by Crippen LogP contribution is -2.46. The first-order valence-electron chi connectivity index (χ1n) is 20.3. The van der Waals surface area contributed by atoms with Crippen molar-refractivity contribution in [2.24, 2.45) is 5.73 Å². The maximum absolute atomic E-state index is 13.1. The molecule has 0 aliphatic carbocycles. The molecule has 1 saturated heterocycles. The van der Waals surface area contributed by atoms with E-state index in [1.54, 1.807) is 30.1 Å². The number of unbranched alkanes of at least 4 members (excludes halogenated alkanes) is 1. The quantitative estimate of drug-likeness (QED) is 0.0538. The van der Waals surface area contributed by atoms with Crippen LogP contribution in [0.2, 0.25) is 5.02 Å². The lowest BCUT2D eigenvalue weighted by Gasteiger charge is -2.25. The Kier molecular flexibility index (Phi) is 20.3. The van der Waals surface area contributed by atoms with Crippen LogP contribution >= 0.6 is 23.4 Å². The minimum Gasteiger partial charge on any atom is -0.481 e. The van der Waals surface area contributed by atoms with E-state index in [-0.39, 0.29) is 49.6 Å². The third-order valence-electron chi connectivity index (χ3n) is 9.94.